The predicted molar refractivity (Wildman–Crippen MR) is 105 cm³/mol. The first-order chi connectivity index (χ1) is 13.5. The highest BCUT2D eigenvalue weighted by atomic mass is 16.6. The number of piperidine rings is 1. The van der Waals surface area contributed by atoms with E-state index in [1.54, 1.807) is 32.6 Å². The van der Waals surface area contributed by atoms with Crippen molar-refractivity contribution in [3.8, 4) is 0 Å². The number of likely N-dealkylation sites (tertiary alicyclic amines) is 1. The van der Waals surface area contributed by atoms with Crippen molar-refractivity contribution in [2.75, 3.05) is 20.2 Å². The van der Waals surface area contributed by atoms with Crippen LogP contribution in [0.3, 0.4) is 0 Å². The summed E-state index contributed by atoms with van der Waals surface area (Å²) in [5.74, 6) is -1.15. The molecule has 29 heavy (non-hydrogen) atoms. The SMILES string of the molecule is COC(=O)C(C)NC(=O)[C@@H]1[C@@H]2CCC[C@H]1N(C(=O)CNC(=O)OC(C)(C)C)CC2. The van der Waals surface area contributed by atoms with Crippen LogP contribution in [-0.2, 0) is 23.9 Å². The number of fused-ring (bicyclic) bond motifs is 2. The second kappa shape index (κ2) is 9.45. The maximum absolute atomic E-state index is 12.9. The number of carbonyl (C=O) groups excluding carboxylic acids is 4. The van der Waals surface area contributed by atoms with Crippen LogP contribution in [0.1, 0.15) is 53.4 Å². The third-order valence-electron chi connectivity index (χ3n) is 5.46. The van der Waals surface area contributed by atoms with Crippen LogP contribution >= 0.6 is 0 Å². The largest absolute Gasteiger partial charge is 0.467 e. The molecule has 2 fully saturated rings. The number of hydrogen-bond acceptors (Lipinski definition) is 6. The molecule has 9 heteroatoms. The van der Waals surface area contributed by atoms with Gasteiger partial charge in [-0.25, -0.2) is 9.59 Å². The maximum Gasteiger partial charge on any atom is 0.408 e. The molecule has 2 aliphatic rings. The Morgan fingerprint density at radius 1 is 1.14 bits per heavy atom. The molecule has 0 aromatic rings. The van der Waals surface area contributed by atoms with Gasteiger partial charge in [-0.15, -0.1) is 0 Å². The quantitative estimate of drug-likeness (QED) is 0.657. The van der Waals surface area contributed by atoms with Gasteiger partial charge in [0.2, 0.25) is 11.8 Å². The number of alkyl carbamates (subject to hydrolysis) is 1. The van der Waals surface area contributed by atoms with E-state index in [2.05, 4.69) is 15.4 Å². The Bertz CT molecular complexity index is 645. The van der Waals surface area contributed by atoms with Crippen molar-refractivity contribution >= 4 is 23.9 Å². The molecule has 9 nitrogen and oxygen atoms in total. The lowest BCUT2D eigenvalue weighted by Crippen LogP contribution is -2.60. The van der Waals surface area contributed by atoms with Crippen molar-refractivity contribution in [1.29, 1.82) is 0 Å². The van der Waals surface area contributed by atoms with E-state index in [1.165, 1.54) is 7.11 Å². The molecule has 4 atom stereocenters. The lowest BCUT2D eigenvalue weighted by molar-refractivity contribution is -0.150. The Balaban J connectivity index is 2.01. The van der Waals surface area contributed by atoms with E-state index in [-0.39, 0.29) is 36.2 Å². The molecular weight excluding hydrogens is 378 g/mol. The molecule has 2 N–H and O–H groups in total. The standard InChI is InChI=1S/C20H33N3O6/c1-12(18(26)28-5)22-17(25)16-13-7-6-8-14(16)23(10-9-13)15(24)11-21-19(27)29-20(2,3)4/h12-14,16H,6-11H2,1-5H3,(H,21,27)(H,22,25)/t12?,13-,14-,16-/m1/s1. The number of carbonyl (C=O) groups is 4. The normalized spacial score (nSPS) is 24.9. The summed E-state index contributed by atoms with van der Waals surface area (Å²) in [4.78, 5) is 50.8. The highest BCUT2D eigenvalue weighted by Gasteiger charge is 2.46. The molecule has 2 rings (SSSR count). The summed E-state index contributed by atoms with van der Waals surface area (Å²) in [6.45, 7) is 7.21. The first-order valence-electron chi connectivity index (χ1n) is 10.2. The average molecular weight is 411 g/mol. The third kappa shape index (κ3) is 6.08. The van der Waals surface area contributed by atoms with Gasteiger partial charge in [0.15, 0.2) is 0 Å². The van der Waals surface area contributed by atoms with Crippen LogP contribution in [0.15, 0.2) is 0 Å². The predicted octanol–water partition coefficient (Wildman–Crippen LogP) is 1.21. The highest BCUT2D eigenvalue weighted by molar-refractivity contribution is 5.88. The van der Waals surface area contributed by atoms with Crippen LogP contribution in [0, 0.1) is 11.8 Å². The minimum Gasteiger partial charge on any atom is -0.467 e. The van der Waals surface area contributed by atoms with Crippen molar-refractivity contribution in [3.05, 3.63) is 0 Å². The van der Waals surface area contributed by atoms with E-state index in [0.29, 0.717) is 6.54 Å². The van der Waals surface area contributed by atoms with E-state index in [1.807, 2.05) is 0 Å². The topological polar surface area (TPSA) is 114 Å². The lowest BCUT2D eigenvalue weighted by Gasteiger charge is -2.48. The molecule has 1 saturated carbocycles. The summed E-state index contributed by atoms with van der Waals surface area (Å²) >= 11 is 0. The zero-order valence-corrected chi connectivity index (χ0v) is 17.9. The molecule has 2 bridgehead atoms. The van der Waals surface area contributed by atoms with Gasteiger partial charge in [0, 0.05) is 12.6 Å². The molecule has 0 spiro atoms. The molecule has 0 aromatic heterocycles. The smallest absolute Gasteiger partial charge is 0.408 e. The van der Waals surface area contributed by atoms with Crippen molar-refractivity contribution in [1.82, 2.24) is 15.5 Å². The van der Waals surface area contributed by atoms with Crippen LogP contribution in [0.4, 0.5) is 4.79 Å². The van der Waals surface area contributed by atoms with Crippen molar-refractivity contribution in [2.45, 2.75) is 71.1 Å². The summed E-state index contributed by atoms with van der Waals surface area (Å²) in [5.41, 5.74) is -0.644. The van der Waals surface area contributed by atoms with Gasteiger partial charge in [-0.05, 0) is 52.9 Å². The fraction of sp³-hybridized carbons (Fsp3) is 0.800. The van der Waals surface area contributed by atoms with Gasteiger partial charge in [0.25, 0.3) is 0 Å². The van der Waals surface area contributed by atoms with Crippen molar-refractivity contribution in [2.24, 2.45) is 11.8 Å². The monoisotopic (exact) mass is 411 g/mol. The Hall–Kier alpha value is -2.32. The number of esters is 1. The second-order valence-electron chi connectivity index (χ2n) is 8.77. The van der Waals surface area contributed by atoms with Crippen LogP contribution in [0.5, 0.6) is 0 Å². The zero-order chi connectivity index (χ0) is 21.8. The molecule has 1 aliphatic heterocycles. The molecular formula is C20H33N3O6. The van der Waals surface area contributed by atoms with Crippen LogP contribution < -0.4 is 10.6 Å². The fourth-order valence-electron chi connectivity index (χ4n) is 4.21. The first kappa shape index (κ1) is 23.0. The summed E-state index contributed by atoms with van der Waals surface area (Å²) in [6, 6.07) is -0.978. The molecule has 0 aromatic carbocycles. The summed E-state index contributed by atoms with van der Waals surface area (Å²) in [5, 5.41) is 5.22. The highest BCUT2D eigenvalue weighted by Crippen LogP contribution is 2.40. The van der Waals surface area contributed by atoms with E-state index >= 15 is 0 Å². The Morgan fingerprint density at radius 3 is 2.45 bits per heavy atom. The number of amides is 3. The maximum atomic E-state index is 12.9. The van der Waals surface area contributed by atoms with E-state index in [0.717, 1.165) is 25.7 Å². The number of rotatable bonds is 5. The van der Waals surface area contributed by atoms with Crippen molar-refractivity contribution < 1.29 is 28.7 Å². The minimum absolute atomic E-state index is 0.178. The number of ether oxygens (including phenoxy) is 2. The van der Waals surface area contributed by atoms with Crippen LogP contribution in [0.25, 0.3) is 0 Å². The third-order valence-corrected chi connectivity index (χ3v) is 5.46. The molecule has 3 amide bonds. The van der Waals surface area contributed by atoms with E-state index in [4.69, 9.17) is 4.74 Å². The molecule has 1 heterocycles. The summed E-state index contributed by atoms with van der Waals surface area (Å²) in [7, 11) is 1.28. The Kier molecular flexibility index (Phi) is 7.48. The fourth-order valence-corrected chi connectivity index (χ4v) is 4.21. The van der Waals surface area contributed by atoms with Gasteiger partial charge >= 0.3 is 12.1 Å². The van der Waals surface area contributed by atoms with Crippen LogP contribution in [-0.4, -0.2) is 66.7 Å². The number of nitrogens with zero attached hydrogens (tertiary/aromatic N) is 1. The molecule has 1 unspecified atom stereocenters. The van der Waals surface area contributed by atoms with Gasteiger partial charge in [-0.2, -0.15) is 0 Å². The molecule has 0 radical (unpaired) electrons. The zero-order valence-electron chi connectivity index (χ0n) is 17.9. The van der Waals surface area contributed by atoms with Crippen molar-refractivity contribution in [3.63, 3.8) is 0 Å². The van der Waals surface area contributed by atoms with Gasteiger partial charge in [0.05, 0.1) is 13.0 Å². The Labute approximate surface area is 171 Å². The Morgan fingerprint density at radius 2 is 1.83 bits per heavy atom. The summed E-state index contributed by atoms with van der Waals surface area (Å²) in [6.07, 6.45) is 2.66. The van der Waals surface area contributed by atoms with Gasteiger partial charge < -0.3 is 25.0 Å². The molecule has 1 aliphatic carbocycles. The van der Waals surface area contributed by atoms with E-state index < -0.39 is 23.7 Å². The lowest BCUT2D eigenvalue weighted by atomic mass is 9.70. The van der Waals surface area contributed by atoms with Crippen LogP contribution in [0.2, 0.25) is 0 Å². The molecule has 1 saturated heterocycles. The minimum atomic E-state index is -0.742. The van der Waals surface area contributed by atoms with Gasteiger partial charge in [0.1, 0.15) is 18.2 Å². The number of methoxy groups -OCH3 is 1. The second-order valence-corrected chi connectivity index (χ2v) is 8.77. The van der Waals surface area contributed by atoms with Gasteiger partial charge in [-0.3, -0.25) is 9.59 Å². The number of nitrogens with one attached hydrogen (secondary N) is 2. The van der Waals surface area contributed by atoms with E-state index in [9.17, 15) is 19.2 Å². The van der Waals surface area contributed by atoms with Gasteiger partial charge in [-0.1, -0.05) is 6.42 Å². The molecule has 164 valence electrons. The average Bonchev–Trinajstić information content (AvgIpc) is 2.63. The number of hydrogen-bond donors (Lipinski definition) is 2. The summed E-state index contributed by atoms with van der Waals surface area (Å²) < 4.78 is 9.84. The first-order valence-corrected chi connectivity index (χ1v) is 10.2.